The van der Waals surface area contributed by atoms with Gasteiger partial charge in [0.1, 0.15) is 5.75 Å². The van der Waals surface area contributed by atoms with Crippen molar-refractivity contribution in [2.75, 3.05) is 33.3 Å². The Morgan fingerprint density at radius 2 is 2.20 bits per heavy atom. The van der Waals surface area contributed by atoms with E-state index in [-0.39, 0.29) is 22.4 Å². The van der Waals surface area contributed by atoms with Gasteiger partial charge in [0.15, 0.2) is 0 Å². The first-order valence-corrected chi connectivity index (χ1v) is 9.84. The fraction of sp³-hybridized carbons (Fsp3) is 0.562. The molecule has 0 aliphatic carbocycles. The maximum absolute atomic E-state index is 13.0. The number of ether oxygens (including phenoxy) is 1. The van der Waals surface area contributed by atoms with Crippen molar-refractivity contribution >= 4 is 27.6 Å². The van der Waals surface area contributed by atoms with Crippen molar-refractivity contribution in [3.63, 3.8) is 0 Å². The number of carbonyl (C=O) groups is 1. The highest BCUT2D eigenvalue weighted by Crippen LogP contribution is 2.32. The third-order valence-corrected chi connectivity index (χ3v) is 6.56. The van der Waals surface area contributed by atoms with Crippen LogP contribution in [0.25, 0.3) is 0 Å². The summed E-state index contributed by atoms with van der Waals surface area (Å²) in [6, 6.07) is 3.04. The van der Waals surface area contributed by atoms with Crippen LogP contribution in [0.3, 0.4) is 0 Å². The minimum atomic E-state index is -3.67. The molecule has 1 aliphatic rings. The highest BCUT2D eigenvalue weighted by molar-refractivity contribution is 7.89. The van der Waals surface area contributed by atoms with Crippen LogP contribution in [-0.4, -0.2) is 57.1 Å². The quantitative estimate of drug-likeness (QED) is 0.736. The predicted octanol–water partition coefficient (Wildman–Crippen LogP) is 1.73. The zero-order chi connectivity index (χ0) is 18.6. The highest BCUT2D eigenvalue weighted by atomic mass is 35.5. The largest absolute Gasteiger partial charge is 0.495 e. The molecule has 1 saturated heterocycles. The zero-order valence-electron chi connectivity index (χ0n) is 14.3. The lowest BCUT2D eigenvalue weighted by Gasteiger charge is -2.32. The Bertz CT molecular complexity index is 738. The van der Waals surface area contributed by atoms with E-state index in [9.17, 15) is 13.2 Å². The number of aryl methyl sites for hydroxylation is 1. The van der Waals surface area contributed by atoms with Crippen molar-refractivity contribution < 1.29 is 23.1 Å². The van der Waals surface area contributed by atoms with Crippen LogP contribution in [0.5, 0.6) is 5.75 Å². The van der Waals surface area contributed by atoms with Gasteiger partial charge in [0.05, 0.1) is 23.6 Å². The molecule has 1 heterocycles. The number of piperidine rings is 1. The summed E-state index contributed by atoms with van der Waals surface area (Å²) in [6.07, 6.45) is 1.60. The number of sulfonamides is 1. The van der Waals surface area contributed by atoms with Gasteiger partial charge in [-0.15, -0.1) is 0 Å². The number of hydrogen-bond acceptors (Lipinski definition) is 5. The van der Waals surface area contributed by atoms with Crippen LogP contribution in [0.4, 0.5) is 0 Å². The summed E-state index contributed by atoms with van der Waals surface area (Å²) in [5, 5.41) is 11.8. The normalized spacial score (nSPS) is 18.9. The fourth-order valence-electron chi connectivity index (χ4n) is 3.01. The van der Waals surface area contributed by atoms with Crippen molar-refractivity contribution in [3.8, 4) is 5.75 Å². The van der Waals surface area contributed by atoms with Gasteiger partial charge in [0, 0.05) is 13.1 Å². The summed E-state index contributed by atoms with van der Waals surface area (Å²) in [7, 11) is -2.18. The van der Waals surface area contributed by atoms with Crippen molar-refractivity contribution in [1.29, 1.82) is 0 Å². The molecule has 0 spiro atoms. The van der Waals surface area contributed by atoms with Crippen LogP contribution < -0.4 is 10.1 Å². The van der Waals surface area contributed by atoms with E-state index in [1.54, 1.807) is 13.0 Å². The summed E-state index contributed by atoms with van der Waals surface area (Å²) in [4.78, 5) is 10.8. The maximum atomic E-state index is 13.0. The van der Waals surface area contributed by atoms with E-state index >= 15 is 0 Å². The lowest BCUT2D eigenvalue weighted by atomic mass is 10.00. The van der Waals surface area contributed by atoms with Gasteiger partial charge in [0.2, 0.25) is 10.0 Å². The summed E-state index contributed by atoms with van der Waals surface area (Å²) < 4.78 is 32.6. The van der Waals surface area contributed by atoms with Gasteiger partial charge in [-0.3, -0.25) is 4.79 Å². The average molecular weight is 391 g/mol. The van der Waals surface area contributed by atoms with Crippen LogP contribution in [0.1, 0.15) is 18.4 Å². The van der Waals surface area contributed by atoms with Crippen LogP contribution in [0.15, 0.2) is 17.0 Å². The molecule has 140 valence electrons. The number of halogens is 1. The Balaban J connectivity index is 2.16. The molecule has 1 aromatic rings. The molecular formula is C16H23ClN2O5S. The number of carboxylic acids is 1. The standard InChI is InChI=1S/C16H23ClN2O5S/c1-11-6-14(24-2)13(17)7-15(11)25(22,23)19-5-3-4-12(10-19)8-18-9-16(20)21/h6-7,12,18H,3-5,8-10H2,1-2H3,(H,20,21). The summed E-state index contributed by atoms with van der Waals surface area (Å²) >= 11 is 6.10. The fourth-order valence-corrected chi connectivity index (χ4v) is 5.10. The van der Waals surface area contributed by atoms with Gasteiger partial charge in [-0.05, 0) is 49.9 Å². The molecule has 25 heavy (non-hydrogen) atoms. The third-order valence-electron chi connectivity index (χ3n) is 4.26. The van der Waals surface area contributed by atoms with E-state index < -0.39 is 16.0 Å². The molecule has 7 nitrogen and oxygen atoms in total. The predicted molar refractivity (Wildman–Crippen MR) is 94.7 cm³/mol. The monoisotopic (exact) mass is 390 g/mol. The minimum Gasteiger partial charge on any atom is -0.495 e. The summed E-state index contributed by atoms with van der Waals surface area (Å²) in [5.41, 5.74) is 0.576. The smallest absolute Gasteiger partial charge is 0.317 e. The zero-order valence-corrected chi connectivity index (χ0v) is 15.9. The Hall–Kier alpha value is -1.35. The van der Waals surface area contributed by atoms with Crippen molar-refractivity contribution in [3.05, 3.63) is 22.7 Å². The Kier molecular flexibility index (Phi) is 6.67. The molecule has 0 radical (unpaired) electrons. The SMILES string of the molecule is COc1cc(C)c(S(=O)(=O)N2CCCC(CNCC(=O)O)C2)cc1Cl. The molecule has 2 rings (SSSR count). The van der Waals surface area contributed by atoms with Gasteiger partial charge in [-0.25, -0.2) is 8.42 Å². The van der Waals surface area contributed by atoms with Crippen molar-refractivity contribution in [2.24, 2.45) is 5.92 Å². The second-order valence-electron chi connectivity index (χ2n) is 6.15. The number of rotatable bonds is 7. The van der Waals surface area contributed by atoms with Crippen LogP contribution >= 0.6 is 11.6 Å². The topological polar surface area (TPSA) is 95.9 Å². The Morgan fingerprint density at radius 3 is 2.84 bits per heavy atom. The van der Waals surface area contributed by atoms with Gasteiger partial charge < -0.3 is 15.2 Å². The molecule has 1 unspecified atom stereocenters. The second-order valence-corrected chi connectivity index (χ2v) is 8.46. The first-order valence-electron chi connectivity index (χ1n) is 8.02. The van der Waals surface area contributed by atoms with E-state index in [1.807, 2.05) is 0 Å². The third kappa shape index (κ3) is 4.84. The van der Waals surface area contributed by atoms with E-state index in [4.69, 9.17) is 21.4 Å². The van der Waals surface area contributed by atoms with Crippen LogP contribution in [-0.2, 0) is 14.8 Å². The van der Waals surface area contributed by atoms with Gasteiger partial charge >= 0.3 is 5.97 Å². The molecule has 1 aliphatic heterocycles. The first-order chi connectivity index (χ1) is 11.8. The van der Waals surface area contributed by atoms with Gasteiger partial charge in [-0.2, -0.15) is 4.31 Å². The lowest BCUT2D eigenvalue weighted by molar-refractivity contribution is -0.136. The number of nitrogens with one attached hydrogen (secondary N) is 1. The molecule has 2 N–H and O–H groups in total. The molecule has 1 aromatic carbocycles. The molecule has 0 saturated carbocycles. The minimum absolute atomic E-state index is 0.0805. The molecule has 1 fully saturated rings. The number of nitrogens with zero attached hydrogens (tertiary/aromatic N) is 1. The Morgan fingerprint density at radius 1 is 1.48 bits per heavy atom. The van der Waals surface area contributed by atoms with Crippen molar-refractivity contribution in [1.82, 2.24) is 9.62 Å². The molecule has 0 bridgehead atoms. The number of benzene rings is 1. The van der Waals surface area contributed by atoms with E-state index in [2.05, 4.69) is 5.32 Å². The molecule has 0 aromatic heterocycles. The number of carboxylic acid groups (broad SMARTS) is 1. The maximum Gasteiger partial charge on any atom is 0.317 e. The number of hydrogen-bond donors (Lipinski definition) is 2. The molecule has 0 amide bonds. The number of aliphatic carboxylic acids is 1. The van der Waals surface area contributed by atoms with Gasteiger partial charge in [-0.1, -0.05) is 11.6 Å². The summed E-state index contributed by atoms with van der Waals surface area (Å²) in [6.45, 7) is 2.86. The molecular weight excluding hydrogens is 368 g/mol. The second kappa shape index (κ2) is 8.35. The van der Waals surface area contributed by atoms with Crippen LogP contribution in [0.2, 0.25) is 5.02 Å². The lowest BCUT2D eigenvalue weighted by Crippen LogP contribution is -2.43. The molecule has 9 heteroatoms. The number of methoxy groups -OCH3 is 1. The van der Waals surface area contributed by atoms with E-state index in [0.717, 1.165) is 12.8 Å². The summed E-state index contributed by atoms with van der Waals surface area (Å²) in [5.74, 6) is -0.409. The average Bonchev–Trinajstić information content (AvgIpc) is 2.56. The van der Waals surface area contributed by atoms with E-state index in [0.29, 0.717) is 30.9 Å². The van der Waals surface area contributed by atoms with E-state index in [1.165, 1.54) is 17.5 Å². The van der Waals surface area contributed by atoms with Crippen molar-refractivity contribution in [2.45, 2.75) is 24.7 Å². The Labute approximate surface area is 153 Å². The molecule has 1 atom stereocenters. The highest BCUT2D eigenvalue weighted by Gasteiger charge is 2.31. The van der Waals surface area contributed by atoms with Crippen LogP contribution in [0, 0.1) is 12.8 Å². The first kappa shape index (κ1) is 20.0. The van der Waals surface area contributed by atoms with Gasteiger partial charge in [0.25, 0.3) is 0 Å².